The summed E-state index contributed by atoms with van der Waals surface area (Å²) in [6, 6.07) is 5.09. The molecule has 0 aliphatic rings. The van der Waals surface area contributed by atoms with E-state index in [-0.39, 0.29) is 11.8 Å². The van der Waals surface area contributed by atoms with Gasteiger partial charge >= 0.3 is 0 Å². The highest BCUT2D eigenvalue weighted by Gasteiger charge is 2.21. The standard InChI is InChI=1S/C14H23NO4S/c1-5-8-15-13(10-20(4,16)17)12-9-11(18-2)6-7-14(12)19-3/h6-7,9,13,15H,5,8,10H2,1-4H3. The Morgan fingerprint density at radius 2 is 1.95 bits per heavy atom. The summed E-state index contributed by atoms with van der Waals surface area (Å²) in [7, 11) is 0.0467. The number of rotatable bonds is 8. The minimum absolute atomic E-state index is 0.0243. The molecule has 1 rings (SSSR count). The number of sulfone groups is 1. The average Bonchev–Trinajstić information content (AvgIpc) is 2.41. The summed E-state index contributed by atoms with van der Waals surface area (Å²) in [6.45, 7) is 2.77. The molecule has 1 aromatic rings. The van der Waals surface area contributed by atoms with E-state index in [0.29, 0.717) is 11.5 Å². The molecule has 1 atom stereocenters. The highest BCUT2D eigenvalue weighted by molar-refractivity contribution is 7.90. The van der Waals surface area contributed by atoms with Gasteiger partial charge in [-0.3, -0.25) is 0 Å². The number of hydrogen-bond donors (Lipinski definition) is 1. The predicted octanol–water partition coefficient (Wildman–Crippen LogP) is 1.79. The molecule has 114 valence electrons. The molecule has 5 nitrogen and oxygen atoms in total. The van der Waals surface area contributed by atoms with Crippen LogP contribution in [-0.2, 0) is 9.84 Å². The van der Waals surface area contributed by atoms with Crippen LogP contribution in [-0.4, -0.2) is 41.2 Å². The summed E-state index contributed by atoms with van der Waals surface area (Å²) in [6.07, 6.45) is 2.16. The van der Waals surface area contributed by atoms with Crippen molar-refractivity contribution < 1.29 is 17.9 Å². The van der Waals surface area contributed by atoms with Crippen molar-refractivity contribution in [2.75, 3.05) is 32.8 Å². The van der Waals surface area contributed by atoms with Crippen molar-refractivity contribution in [3.05, 3.63) is 23.8 Å². The molecule has 0 aromatic heterocycles. The molecule has 1 aromatic carbocycles. The normalized spacial score (nSPS) is 13.0. The molecule has 0 bridgehead atoms. The Bertz CT molecular complexity index is 528. The Morgan fingerprint density at radius 3 is 2.45 bits per heavy atom. The maximum atomic E-state index is 11.6. The Morgan fingerprint density at radius 1 is 1.25 bits per heavy atom. The van der Waals surface area contributed by atoms with Crippen LogP contribution in [0.5, 0.6) is 11.5 Å². The Labute approximate surface area is 121 Å². The molecular formula is C14H23NO4S. The monoisotopic (exact) mass is 301 g/mol. The van der Waals surface area contributed by atoms with Gasteiger partial charge in [-0.25, -0.2) is 8.42 Å². The first kappa shape index (κ1) is 16.8. The van der Waals surface area contributed by atoms with Crippen molar-refractivity contribution in [2.45, 2.75) is 19.4 Å². The molecule has 1 unspecified atom stereocenters. The van der Waals surface area contributed by atoms with E-state index >= 15 is 0 Å². The minimum Gasteiger partial charge on any atom is -0.497 e. The lowest BCUT2D eigenvalue weighted by molar-refractivity contribution is 0.392. The van der Waals surface area contributed by atoms with Gasteiger partial charge in [-0.2, -0.15) is 0 Å². The molecule has 0 fully saturated rings. The van der Waals surface area contributed by atoms with E-state index in [1.54, 1.807) is 26.4 Å². The Balaban J connectivity index is 3.16. The van der Waals surface area contributed by atoms with Crippen molar-refractivity contribution >= 4 is 9.84 Å². The van der Waals surface area contributed by atoms with Crippen LogP contribution in [0, 0.1) is 0 Å². The fraction of sp³-hybridized carbons (Fsp3) is 0.571. The third-order valence-corrected chi connectivity index (χ3v) is 3.86. The second-order valence-corrected chi connectivity index (χ2v) is 6.89. The van der Waals surface area contributed by atoms with Crippen molar-refractivity contribution in [2.24, 2.45) is 0 Å². The number of ether oxygens (including phenoxy) is 2. The van der Waals surface area contributed by atoms with E-state index in [4.69, 9.17) is 9.47 Å². The van der Waals surface area contributed by atoms with Crippen molar-refractivity contribution in [3.63, 3.8) is 0 Å². The second-order valence-electron chi connectivity index (χ2n) is 4.71. The fourth-order valence-corrected chi connectivity index (χ4v) is 2.89. The topological polar surface area (TPSA) is 64.6 Å². The maximum absolute atomic E-state index is 11.6. The number of hydrogen-bond acceptors (Lipinski definition) is 5. The van der Waals surface area contributed by atoms with E-state index in [1.807, 2.05) is 13.0 Å². The van der Waals surface area contributed by atoms with Gasteiger partial charge in [0.15, 0.2) is 0 Å². The first-order chi connectivity index (χ1) is 9.41. The molecule has 0 aliphatic carbocycles. The minimum atomic E-state index is -3.11. The SMILES string of the molecule is CCCNC(CS(C)(=O)=O)c1cc(OC)ccc1OC. The average molecular weight is 301 g/mol. The van der Waals surface area contributed by atoms with E-state index in [2.05, 4.69) is 5.32 Å². The largest absolute Gasteiger partial charge is 0.497 e. The first-order valence-corrected chi connectivity index (χ1v) is 8.60. The van der Waals surface area contributed by atoms with Gasteiger partial charge in [-0.15, -0.1) is 0 Å². The van der Waals surface area contributed by atoms with Crippen LogP contribution < -0.4 is 14.8 Å². The highest BCUT2D eigenvalue weighted by atomic mass is 32.2. The summed E-state index contributed by atoms with van der Waals surface area (Å²) in [5.41, 5.74) is 0.797. The predicted molar refractivity (Wildman–Crippen MR) is 80.3 cm³/mol. The molecule has 20 heavy (non-hydrogen) atoms. The van der Waals surface area contributed by atoms with Crippen LogP contribution in [0.3, 0.4) is 0 Å². The van der Waals surface area contributed by atoms with E-state index < -0.39 is 9.84 Å². The summed E-state index contributed by atoms with van der Waals surface area (Å²) < 4.78 is 33.8. The van der Waals surface area contributed by atoms with Gasteiger partial charge < -0.3 is 14.8 Å². The molecule has 0 amide bonds. The van der Waals surface area contributed by atoms with Crippen LogP contribution in [0.4, 0.5) is 0 Å². The van der Waals surface area contributed by atoms with Gasteiger partial charge in [0.1, 0.15) is 21.3 Å². The zero-order valence-corrected chi connectivity index (χ0v) is 13.3. The zero-order chi connectivity index (χ0) is 15.2. The van der Waals surface area contributed by atoms with Crippen LogP contribution >= 0.6 is 0 Å². The summed E-state index contributed by atoms with van der Waals surface area (Å²) in [5.74, 6) is 1.36. The van der Waals surface area contributed by atoms with Crippen LogP contribution in [0.1, 0.15) is 24.9 Å². The molecular weight excluding hydrogens is 278 g/mol. The molecule has 0 saturated carbocycles. The summed E-state index contributed by atoms with van der Waals surface area (Å²) in [5, 5.41) is 3.25. The lowest BCUT2D eigenvalue weighted by Crippen LogP contribution is -2.28. The smallest absolute Gasteiger partial charge is 0.149 e. The van der Waals surface area contributed by atoms with Crippen LogP contribution in [0.15, 0.2) is 18.2 Å². The van der Waals surface area contributed by atoms with Gasteiger partial charge in [-0.05, 0) is 31.2 Å². The highest BCUT2D eigenvalue weighted by Crippen LogP contribution is 2.30. The van der Waals surface area contributed by atoms with Crippen LogP contribution in [0.2, 0.25) is 0 Å². The van der Waals surface area contributed by atoms with Crippen molar-refractivity contribution in [1.82, 2.24) is 5.32 Å². The third-order valence-electron chi connectivity index (χ3n) is 2.92. The number of methoxy groups -OCH3 is 2. The van der Waals surface area contributed by atoms with E-state index in [0.717, 1.165) is 18.5 Å². The van der Waals surface area contributed by atoms with Crippen molar-refractivity contribution in [1.29, 1.82) is 0 Å². The molecule has 0 radical (unpaired) electrons. The lowest BCUT2D eigenvalue weighted by atomic mass is 10.1. The zero-order valence-electron chi connectivity index (χ0n) is 12.5. The second kappa shape index (κ2) is 7.50. The van der Waals surface area contributed by atoms with Gasteiger partial charge in [0.2, 0.25) is 0 Å². The first-order valence-electron chi connectivity index (χ1n) is 6.54. The Hall–Kier alpha value is -1.27. The maximum Gasteiger partial charge on any atom is 0.149 e. The van der Waals surface area contributed by atoms with Gasteiger partial charge in [0.05, 0.1) is 20.0 Å². The molecule has 0 aliphatic heterocycles. The quantitative estimate of drug-likeness (QED) is 0.793. The Kier molecular flexibility index (Phi) is 6.29. The van der Waals surface area contributed by atoms with Crippen molar-refractivity contribution in [3.8, 4) is 11.5 Å². The number of benzene rings is 1. The molecule has 1 N–H and O–H groups in total. The lowest BCUT2D eigenvalue weighted by Gasteiger charge is -2.21. The fourth-order valence-electron chi connectivity index (χ4n) is 1.99. The molecule has 6 heteroatoms. The van der Waals surface area contributed by atoms with Crippen LogP contribution in [0.25, 0.3) is 0 Å². The number of nitrogens with one attached hydrogen (secondary N) is 1. The summed E-state index contributed by atoms with van der Waals surface area (Å²) >= 11 is 0. The molecule has 0 saturated heterocycles. The van der Waals surface area contributed by atoms with Gasteiger partial charge in [-0.1, -0.05) is 6.92 Å². The van der Waals surface area contributed by atoms with E-state index in [1.165, 1.54) is 6.26 Å². The van der Waals surface area contributed by atoms with Gasteiger partial charge in [0.25, 0.3) is 0 Å². The molecule has 0 heterocycles. The molecule has 0 spiro atoms. The third kappa shape index (κ3) is 5.02. The van der Waals surface area contributed by atoms with Gasteiger partial charge in [0, 0.05) is 17.9 Å². The summed E-state index contributed by atoms with van der Waals surface area (Å²) in [4.78, 5) is 0. The van der Waals surface area contributed by atoms with E-state index in [9.17, 15) is 8.42 Å².